The van der Waals surface area contributed by atoms with Gasteiger partial charge in [-0.05, 0) is 131 Å². The number of rotatable bonds is 4. The van der Waals surface area contributed by atoms with Gasteiger partial charge in [0, 0.05) is 27.8 Å². The van der Waals surface area contributed by atoms with Crippen LogP contribution in [0.15, 0.2) is 255 Å². The highest BCUT2D eigenvalue weighted by molar-refractivity contribution is 6.13. The van der Waals surface area contributed by atoms with Crippen LogP contribution in [0, 0.1) is 0 Å². The quantitative estimate of drug-likeness (QED) is 0.171. The predicted molar refractivity (Wildman–Crippen MR) is 288 cm³/mol. The number of nitrogens with zero attached hydrogens (tertiary/aromatic N) is 2. The first-order valence-corrected chi connectivity index (χ1v) is 24.5. The Morgan fingerprint density at radius 2 is 0.700 bits per heavy atom. The van der Waals surface area contributed by atoms with E-state index in [9.17, 15) is 0 Å². The van der Waals surface area contributed by atoms with E-state index in [2.05, 4.69) is 264 Å². The molecular weight excluding hydrogens is 845 g/mol. The third-order valence-electron chi connectivity index (χ3n) is 16.4. The Hall–Kier alpha value is -8.98. The molecule has 0 saturated carbocycles. The monoisotopic (exact) mass is 886 g/mol. The van der Waals surface area contributed by atoms with E-state index in [1.54, 1.807) is 0 Å². The lowest BCUT2D eigenvalue weighted by atomic mass is 9.65. The molecule has 3 aliphatic carbocycles. The summed E-state index contributed by atoms with van der Waals surface area (Å²) < 4.78 is 2.57. The fourth-order valence-corrected chi connectivity index (χ4v) is 13.8. The molecule has 324 valence electrons. The summed E-state index contributed by atoms with van der Waals surface area (Å²) in [5.41, 5.74) is 26.8. The van der Waals surface area contributed by atoms with Crippen molar-refractivity contribution < 1.29 is 0 Å². The fourth-order valence-electron chi connectivity index (χ4n) is 13.8. The molecule has 0 amide bonds. The second-order valence-electron chi connectivity index (χ2n) is 19.5. The summed E-state index contributed by atoms with van der Waals surface area (Å²) in [4.78, 5) is 2.51. The number of para-hydroxylation sites is 2. The van der Waals surface area contributed by atoms with Crippen LogP contribution in [0.1, 0.15) is 44.5 Å². The summed E-state index contributed by atoms with van der Waals surface area (Å²) in [7, 11) is 0. The standard InChI is InChI=1S/C68H42N2/c1-2-17-43(18-3-1)44-33-35-45(36-34-44)69(46-37-39-53-52-23-8-12-28-58(52)67(63(53)41-46)56-26-10-4-19-48(56)49-20-5-11-27-57(49)67)47-38-40-61-65(42-47)70-64-32-15-9-24-54(64)55-25-16-31-62(66(55)70)68(61)59-29-13-6-21-50(59)51-22-7-14-30-60(51)68/h1-42H. The molecule has 1 aromatic heterocycles. The largest absolute Gasteiger partial charge is 0.310 e. The van der Waals surface area contributed by atoms with Crippen LogP contribution in [0.25, 0.3) is 72.0 Å². The van der Waals surface area contributed by atoms with Crippen molar-refractivity contribution in [1.29, 1.82) is 0 Å². The molecule has 16 rings (SSSR count). The van der Waals surface area contributed by atoms with Gasteiger partial charge in [-0.25, -0.2) is 0 Å². The van der Waals surface area contributed by atoms with Gasteiger partial charge in [0.15, 0.2) is 0 Å². The summed E-state index contributed by atoms with van der Waals surface area (Å²) in [6.45, 7) is 0. The molecule has 70 heavy (non-hydrogen) atoms. The van der Waals surface area contributed by atoms with Crippen LogP contribution < -0.4 is 4.90 Å². The van der Waals surface area contributed by atoms with E-state index in [1.165, 1.54) is 117 Å². The zero-order valence-corrected chi connectivity index (χ0v) is 38.1. The maximum absolute atomic E-state index is 2.57. The Morgan fingerprint density at radius 1 is 0.271 bits per heavy atom. The zero-order chi connectivity index (χ0) is 45.7. The van der Waals surface area contributed by atoms with Gasteiger partial charge in [-0.2, -0.15) is 0 Å². The molecule has 1 aliphatic heterocycles. The van der Waals surface area contributed by atoms with Crippen LogP contribution in [-0.4, -0.2) is 4.57 Å². The van der Waals surface area contributed by atoms with Crippen LogP contribution in [0.4, 0.5) is 17.1 Å². The third kappa shape index (κ3) is 4.64. The van der Waals surface area contributed by atoms with Crippen molar-refractivity contribution in [1.82, 2.24) is 4.57 Å². The molecule has 0 bridgehead atoms. The van der Waals surface area contributed by atoms with Crippen LogP contribution in [-0.2, 0) is 10.8 Å². The lowest BCUT2D eigenvalue weighted by Gasteiger charge is -2.40. The molecule has 0 saturated heterocycles. The number of anilines is 3. The highest BCUT2D eigenvalue weighted by atomic mass is 15.1. The molecule has 0 fully saturated rings. The Labute approximate surface area is 406 Å². The van der Waals surface area contributed by atoms with Gasteiger partial charge in [0.25, 0.3) is 0 Å². The third-order valence-corrected chi connectivity index (χ3v) is 16.4. The van der Waals surface area contributed by atoms with E-state index in [0.717, 1.165) is 17.1 Å². The normalized spacial score (nSPS) is 14.2. The van der Waals surface area contributed by atoms with Crippen molar-refractivity contribution in [3.05, 3.63) is 299 Å². The fraction of sp³-hybridized carbons (Fsp3) is 0.0294. The Kier molecular flexibility index (Phi) is 7.51. The maximum Gasteiger partial charge on any atom is 0.0754 e. The first-order valence-electron chi connectivity index (χ1n) is 24.5. The molecular formula is C68H42N2. The Morgan fingerprint density at radius 3 is 1.30 bits per heavy atom. The van der Waals surface area contributed by atoms with E-state index >= 15 is 0 Å². The number of fused-ring (bicyclic) bond motifs is 22. The van der Waals surface area contributed by atoms with Crippen molar-refractivity contribution in [2.45, 2.75) is 10.8 Å². The summed E-state index contributed by atoms with van der Waals surface area (Å²) in [5.74, 6) is 0. The van der Waals surface area contributed by atoms with Crippen molar-refractivity contribution in [2.24, 2.45) is 0 Å². The molecule has 11 aromatic carbocycles. The maximum atomic E-state index is 2.57. The van der Waals surface area contributed by atoms with E-state index in [-0.39, 0.29) is 0 Å². The summed E-state index contributed by atoms with van der Waals surface area (Å²) >= 11 is 0. The average Bonchev–Trinajstić information content (AvgIpc) is 4.13. The number of aromatic nitrogens is 1. The molecule has 2 nitrogen and oxygen atoms in total. The molecule has 4 aliphatic rings. The molecule has 0 unspecified atom stereocenters. The number of benzene rings is 11. The summed E-state index contributed by atoms with van der Waals surface area (Å²) in [5, 5.41) is 2.54. The van der Waals surface area contributed by atoms with Crippen molar-refractivity contribution in [3.8, 4) is 50.2 Å². The molecule has 2 spiro atoms. The zero-order valence-electron chi connectivity index (χ0n) is 38.1. The first-order chi connectivity index (χ1) is 34.7. The van der Waals surface area contributed by atoms with Gasteiger partial charge in [0.05, 0.1) is 27.6 Å². The highest BCUT2D eigenvalue weighted by Gasteiger charge is 2.53. The number of hydrogen-bond donors (Lipinski definition) is 0. The molecule has 2 heteroatoms. The van der Waals surface area contributed by atoms with Crippen LogP contribution in [0.2, 0.25) is 0 Å². The second-order valence-corrected chi connectivity index (χ2v) is 19.5. The lowest BCUT2D eigenvalue weighted by molar-refractivity contribution is 0.748. The van der Waals surface area contributed by atoms with Gasteiger partial charge in [0.2, 0.25) is 0 Å². The van der Waals surface area contributed by atoms with Gasteiger partial charge in [-0.1, -0.05) is 212 Å². The Balaban J connectivity index is 0.990. The SMILES string of the molecule is c1ccc(-c2ccc(N(c3ccc4c(c3)-n3c5ccccc5c5cccc(c53)C43c4ccccc4-c4ccccc43)c3ccc4c(c3)C3(c5ccccc5-c5ccccc53)c3ccccc3-4)cc2)cc1. The highest BCUT2D eigenvalue weighted by Crippen LogP contribution is 2.64. The predicted octanol–water partition coefficient (Wildman–Crippen LogP) is 16.9. The van der Waals surface area contributed by atoms with Gasteiger partial charge in [-0.3, -0.25) is 0 Å². The van der Waals surface area contributed by atoms with Gasteiger partial charge in [-0.15, -0.1) is 0 Å². The molecule has 0 atom stereocenters. The van der Waals surface area contributed by atoms with E-state index in [1.807, 2.05) is 0 Å². The second kappa shape index (κ2) is 13.8. The van der Waals surface area contributed by atoms with E-state index in [0.29, 0.717) is 0 Å². The van der Waals surface area contributed by atoms with Crippen LogP contribution in [0.5, 0.6) is 0 Å². The molecule has 0 N–H and O–H groups in total. The molecule has 2 heterocycles. The van der Waals surface area contributed by atoms with Crippen molar-refractivity contribution in [3.63, 3.8) is 0 Å². The average molecular weight is 887 g/mol. The molecule has 12 aromatic rings. The minimum Gasteiger partial charge on any atom is -0.310 e. The van der Waals surface area contributed by atoms with Gasteiger partial charge in [0.1, 0.15) is 0 Å². The Bertz CT molecular complexity index is 4080. The lowest BCUT2D eigenvalue weighted by Crippen LogP contribution is -2.33. The van der Waals surface area contributed by atoms with Gasteiger partial charge < -0.3 is 9.47 Å². The van der Waals surface area contributed by atoms with Crippen LogP contribution >= 0.6 is 0 Å². The van der Waals surface area contributed by atoms with E-state index < -0.39 is 10.8 Å². The number of hydrogen-bond acceptors (Lipinski definition) is 1. The molecule has 0 radical (unpaired) electrons. The summed E-state index contributed by atoms with van der Waals surface area (Å²) in [6.07, 6.45) is 0. The minimum absolute atomic E-state index is 0.469. The van der Waals surface area contributed by atoms with Crippen molar-refractivity contribution >= 4 is 38.9 Å². The smallest absolute Gasteiger partial charge is 0.0754 e. The van der Waals surface area contributed by atoms with Crippen LogP contribution in [0.3, 0.4) is 0 Å². The first kappa shape index (κ1) is 38.0. The topological polar surface area (TPSA) is 8.17 Å². The van der Waals surface area contributed by atoms with Crippen molar-refractivity contribution in [2.75, 3.05) is 4.90 Å². The summed E-state index contributed by atoms with van der Waals surface area (Å²) in [6, 6.07) is 96.0. The van der Waals surface area contributed by atoms with E-state index in [4.69, 9.17) is 0 Å². The van der Waals surface area contributed by atoms with Gasteiger partial charge >= 0.3 is 0 Å². The minimum atomic E-state index is -0.526.